The molecule has 1 aromatic rings. The van der Waals surface area contributed by atoms with Gasteiger partial charge in [-0.25, -0.2) is 9.78 Å². The number of H-pyrrole nitrogens is 1. The van der Waals surface area contributed by atoms with Crippen molar-refractivity contribution < 1.29 is 9.53 Å². The van der Waals surface area contributed by atoms with E-state index in [2.05, 4.69) is 29.1 Å². The van der Waals surface area contributed by atoms with Crippen LogP contribution < -0.4 is 5.32 Å². The van der Waals surface area contributed by atoms with E-state index in [0.717, 1.165) is 5.69 Å². The maximum absolute atomic E-state index is 12.2. The average Bonchev–Trinajstić information content (AvgIpc) is 2.84. The van der Waals surface area contributed by atoms with Gasteiger partial charge in [0.05, 0.1) is 6.33 Å². The molecule has 0 bridgehead atoms. The minimum Gasteiger partial charge on any atom is -0.437 e. The lowest BCUT2D eigenvalue weighted by Gasteiger charge is -2.48. The fraction of sp³-hybridized carbons (Fsp3) is 0.615. The number of ether oxygens (including phenoxy) is 1. The Morgan fingerprint density at radius 3 is 2.95 bits per heavy atom. The number of thiocarbonyl (C=S) groups is 1. The zero-order valence-corrected chi connectivity index (χ0v) is 12.6. The first-order valence-corrected chi connectivity index (χ1v) is 7.03. The third-order valence-corrected chi connectivity index (χ3v) is 4.11. The summed E-state index contributed by atoms with van der Waals surface area (Å²) in [6.07, 6.45) is 4.51. The van der Waals surface area contributed by atoms with Crippen LogP contribution in [0, 0.1) is 0 Å². The highest BCUT2D eigenvalue weighted by Gasteiger charge is 2.56. The van der Waals surface area contributed by atoms with E-state index in [-0.39, 0.29) is 11.5 Å². The first-order chi connectivity index (χ1) is 9.31. The van der Waals surface area contributed by atoms with Crippen LogP contribution in [0.15, 0.2) is 12.5 Å². The molecule has 3 heterocycles. The number of esters is 1. The lowest BCUT2D eigenvalue weighted by atomic mass is 9.90. The van der Waals surface area contributed by atoms with Crippen LogP contribution in [0.5, 0.6) is 0 Å². The maximum Gasteiger partial charge on any atom is 0.331 e. The predicted molar refractivity (Wildman–Crippen MR) is 76.8 cm³/mol. The van der Waals surface area contributed by atoms with Crippen molar-refractivity contribution in [2.45, 2.75) is 50.9 Å². The van der Waals surface area contributed by atoms with Crippen molar-refractivity contribution >= 4 is 23.3 Å². The van der Waals surface area contributed by atoms with Crippen molar-refractivity contribution in [2.24, 2.45) is 0 Å². The Morgan fingerprint density at radius 2 is 2.30 bits per heavy atom. The van der Waals surface area contributed by atoms with Crippen LogP contribution in [-0.4, -0.2) is 43.3 Å². The van der Waals surface area contributed by atoms with Gasteiger partial charge in [0, 0.05) is 30.3 Å². The molecule has 2 atom stereocenters. The van der Waals surface area contributed by atoms with Crippen LogP contribution in [0.3, 0.4) is 0 Å². The summed E-state index contributed by atoms with van der Waals surface area (Å²) in [6.45, 7) is 6.03. The third kappa shape index (κ3) is 2.06. The molecule has 0 aliphatic carbocycles. The first kappa shape index (κ1) is 13.4. The molecule has 7 heteroatoms. The maximum atomic E-state index is 12.2. The summed E-state index contributed by atoms with van der Waals surface area (Å²) in [7, 11) is 0. The molecule has 2 aliphatic heterocycles. The van der Waals surface area contributed by atoms with E-state index in [9.17, 15) is 4.79 Å². The SMILES string of the molecule is CC1(C)C[C@@]2(C)OC(=O)[C@H](Cc3cnc[nH]3)N2C(=S)N1. The number of rotatable bonds is 2. The van der Waals surface area contributed by atoms with E-state index in [0.29, 0.717) is 18.0 Å². The van der Waals surface area contributed by atoms with E-state index in [1.54, 1.807) is 12.5 Å². The number of carbonyl (C=O) groups is 1. The van der Waals surface area contributed by atoms with Gasteiger partial charge in [0.2, 0.25) is 0 Å². The third-order valence-electron chi connectivity index (χ3n) is 3.82. The van der Waals surface area contributed by atoms with Crippen molar-refractivity contribution in [3.63, 3.8) is 0 Å². The lowest BCUT2D eigenvalue weighted by Crippen LogP contribution is -2.66. The highest BCUT2D eigenvalue weighted by molar-refractivity contribution is 7.80. The van der Waals surface area contributed by atoms with Crippen molar-refractivity contribution in [3.8, 4) is 0 Å². The quantitative estimate of drug-likeness (QED) is 0.625. The van der Waals surface area contributed by atoms with Gasteiger partial charge in [0.15, 0.2) is 10.8 Å². The molecule has 20 heavy (non-hydrogen) atoms. The molecule has 0 radical (unpaired) electrons. The summed E-state index contributed by atoms with van der Waals surface area (Å²) in [5.41, 5.74) is 0.0304. The number of nitrogens with one attached hydrogen (secondary N) is 2. The van der Waals surface area contributed by atoms with Gasteiger partial charge in [-0.3, -0.25) is 4.90 Å². The lowest BCUT2D eigenvalue weighted by molar-refractivity contribution is -0.153. The molecular formula is C13H18N4O2S. The van der Waals surface area contributed by atoms with Gasteiger partial charge in [0.25, 0.3) is 0 Å². The van der Waals surface area contributed by atoms with Crippen LogP contribution in [-0.2, 0) is 16.0 Å². The summed E-state index contributed by atoms with van der Waals surface area (Å²) in [4.78, 5) is 21.1. The largest absolute Gasteiger partial charge is 0.437 e. The van der Waals surface area contributed by atoms with Gasteiger partial charge in [-0.15, -0.1) is 0 Å². The summed E-state index contributed by atoms with van der Waals surface area (Å²) >= 11 is 5.45. The Labute approximate surface area is 122 Å². The molecule has 6 nitrogen and oxygen atoms in total. The monoisotopic (exact) mass is 294 g/mol. The molecule has 108 valence electrons. The number of fused-ring (bicyclic) bond motifs is 1. The van der Waals surface area contributed by atoms with Gasteiger partial charge in [-0.1, -0.05) is 0 Å². The molecule has 2 N–H and O–H groups in total. The van der Waals surface area contributed by atoms with Gasteiger partial charge >= 0.3 is 5.97 Å². The van der Waals surface area contributed by atoms with Gasteiger partial charge in [-0.2, -0.15) is 0 Å². The van der Waals surface area contributed by atoms with Crippen LogP contribution in [0.25, 0.3) is 0 Å². The Kier molecular flexibility index (Phi) is 2.79. The number of hydrogen-bond acceptors (Lipinski definition) is 4. The van der Waals surface area contributed by atoms with Crippen molar-refractivity contribution in [2.75, 3.05) is 0 Å². The Morgan fingerprint density at radius 1 is 1.55 bits per heavy atom. The number of carbonyl (C=O) groups excluding carboxylic acids is 1. The summed E-state index contributed by atoms with van der Waals surface area (Å²) in [6, 6.07) is -0.406. The molecule has 0 unspecified atom stereocenters. The first-order valence-electron chi connectivity index (χ1n) is 6.62. The van der Waals surface area contributed by atoms with Gasteiger partial charge < -0.3 is 15.0 Å². The standard InChI is InChI=1S/C13H18N4O2S/c1-12(2)6-13(3)17(11(20)16-12)9(10(18)19-13)4-8-5-14-7-15-8/h5,7,9H,4,6H2,1-3H3,(H,14,15)(H,16,20)/t9-,13+/m0/s1. The minimum absolute atomic E-state index is 0.189. The van der Waals surface area contributed by atoms with Crippen LogP contribution >= 0.6 is 12.2 Å². The highest BCUT2D eigenvalue weighted by atomic mass is 32.1. The minimum atomic E-state index is -0.673. The van der Waals surface area contributed by atoms with Crippen molar-refractivity contribution in [3.05, 3.63) is 18.2 Å². The fourth-order valence-corrected chi connectivity index (χ4v) is 3.84. The summed E-state index contributed by atoms with van der Waals surface area (Å²) in [5.74, 6) is -0.232. The normalized spacial score (nSPS) is 31.8. The fourth-order valence-electron chi connectivity index (χ4n) is 3.24. The topological polar surface area (TPSA) is 70.2 Å². The Hall–Kier alpha value is -1.63. The zero-order valence-electron chi connectivity index (χ0n) is 11.8. The number of aromatic nitrogens is 2. The van der Waals surface area contributed by atoms with Crippen LogP contribution in [0.1, 0.15) is 32.9 Å². The van der Waals surface area contributed by atoms with E-state index < -0.39 is 11.8 Å². The van der Waals surface area contributed by atoms with Crippen molar-refractivity contribution in [1.82, 2.24) is 20.2 Å². The molecule has 2 saturated heterocycles. The molecular weight excluding hydrogens is 276 g/mol. The summed E-state index contributed by atoms with van der Waals surface area (Å²) < 4.78 is 5.65. The molecule has 0 aromatic carbocycles. The van der Waals surface area contributed by atoms with E-state index in [1.165, 1.54) is 0 Å². The number of hydrogen-bond donors (Lipinski definition) is 2. The number of nitrogens with zero attached hydrogens (tertiary/aromatic N) is 2. The second-order valence-corrected chi connectivity index (χ2v) is 6.64. The predicted octanol–water partition coefficient (Wildman–Crippen LogP) is 0.953. The second-order valence-electron chi connectivity index (χ2n) is 6.25. The molecule has 0 spiro atoms. The molecule has 0 amide bonds. The molecule has 3 rings (SSSR count). The molecule has 2 fully saturated rings. The van der Waals surface area contributed by atoms with E-state index >= 15 is 0 Å². The molecule has 2 aliphatic rings. The molecule has 0 saturated carbocycles. The Bertz CT molecular complexity index is 557. The van der Waals surface area contributed by atoms with Gasteiger partial charge in [-0.05, 0) is 33.0 Å². The smallest absolute Gasteiger partial charge is 0.331 e. The van der Waals surface area contributed by atoms with Crippen LogP contribution in [0.4, 0.5) is 0 Å². The van der Waals surface area contributed by atoms with Gasteiger partial charge in [0.1, 0.15) is 6.04 Å². The summed E-state index contributed by atoms with van der Waals surface area (Å²) in [5, 5.41) is 3.85. The van der Waals surface area contributed by atoms with Crippen LogP contribution in [0.2, 0.25) is 0 Å². The molecule has 1 aromatic heterocycles. The number of aromatic amines is 1. The van der Waals surface area contributed by atoms with Crippen molar-refractivity contribution in [1.29, 1.82) is 0 Å². The van der Waals surface area contributed by atoms with E-state index in [4.69, 9.17) is 17.0 Å². The number of imidazole rings is 1. The second kappa shape index (κ2) is 4.18. The zero-order chi connectivity index (χ0) is 14.5. The Balaban J connectivity index is 1.90. The highest BCUT2D eigenvalue weighted by Crippen LogP contribution is 2.39. The average molecular weight is 294 g/mol. The van der Waals surface area contributed by atoms with E-state index in [1.807, 2.05) is 11.8 Å².